The Hall–Kier alpha value is -3.72. The summed E-state index contributed by atoms with van der Waals surface area (Å²) in [5.74, 6) is -0.555. The van der Waals surface area contributed by atoms with Gasteiger partial charge in [0.1, 0.15) is 6.61 Å². The predicted molar refractivity (Wildman–Crippen MR) is 115 cm³/mol. The lowest BCUT2D eigenvalue weighted by Gasteiger charge is -2.33. The van der Waals surface area contributed by atoms with Gasteiger partial charge in [-0.05, 0) is 31.2 Å². The molecule has 0 spiro atoms. The molecule has 9 heteroatoms. The highest BCUT2D eigenvalue weighted by Crippen LogP contribution is 2.39. The van der Waals surface area contributed by atoms with E-state index in [0.717, 1.165) is 9.80 Å². The van der Waals surface area contributed by atoms with Gasteiger partial charge < -0.3 is 9.47 Å². The first kappa shape index (κ1) is 19.0. The Morgan fingerprint density at radius 1 is 0.812 bits per heavy atom. The fourth-order valence-electron chi connectivity index (χ4n) is 4.58. The highest BCUT2D eigenvalue weighted by molar-refractivity contribution is 7.08. The quantitative estimate of drug-likeness (QED) is 0.572. The average Bonchev–Trinajstić information content (AvgIpc) is 3.27. The Balaban J connectivity index is 1.43. The average molecular weight is 448 g/mol. The lowest BCUT2D eigenvalue weighted by atomic mass is 9.86. The number of ether oxygens (including phenoxy) is 2. The van der Waals surface area contributed by atoms with Crippen LogP contribution in [-0.2, 0) is 0 Å². The number of hydrogen-bond donors (Lipinski definition) is 0. The number of rotatable bonds is 3. The van der Waals surface area contributed by atoms with Crippen molar-refractivity contribution in [2.75, 3.05) is 19.7 Å². The number of thiophene rings is 1. The molecule has 3 aromatic rings. The summed E-state index contributed by atoms with van der Waals surface area (Å²) in [6, 6.07) is 6.24. The summed E-state index contributed by atoms with van der Waals surface area (Å²) < 4.78 is 11.6. The van der Waals surface area contributed by atoms with Crippen LogP contribution in [0.15, 0.2) is 35.0 Å². The topological polar surface area (TPSA) is 93.2 Å². The van der Waals surface area contributed by atoms with E-state index in [1.165, 1.54) is 11.3 Å². The summed E-state index contributed by atoms with van der Waals surface area (Å²) in [6.45, 7) is 2.21. The zero-order valence-electron chi connectivity index (χ0n) is 16.9. The van der Waals surface area contributed by atoms with Gasteiger partial charge in [0.05, 0.1) is 6.54 Å². The summed E-state index contributed by atoms with van der Waals surface area (Å²) >= 11 is 1.45. The van der Waals surface area contributed by atoms with Crippen molar-refractivity contribution in [3.05, 3.63) is 57.3 Å². The Kier molecular flexibility index (Phi) is 3.94. The first-order valence-corrected chi connectivity index (χ1v) is 11.1. The summed E-state index contributed by atoms with van der Waals surface area (Å²) in [5, 5.41) is 4.39. The maximum Gasteiger partial charge on any atom is 0.261 e. The Bertz CT molecular complexity index is 1310. The van der Waals surface area contributed by atoms with Gasteiger partial charge in [-0.2, -0.15) is 0 Å². The molecule has 4 heterocycles. The van der Waals surface area contributed by atoms with Crippen molar-refractivity contribution >= 4 is 45.7 Å². The van der Waals surface area contributed by atoms with Crippen LogP contribution in [-0.4, -0.2) is 59.2 Å². The van der Waals surface area contributed by atoms with Gasteiger partial charge in [0.25, 0.3) is 23.6 Å². The van der Waals surface area contributed by atoms with Crippen LogP contribution in [0.2, 0.25) is 0 Å². The lowest BCUT2D eigenvalue weighted by molar-refractivity contribution is 0.0398. The normalized spacial score (nSPS) is 19.2. The van der Waals surface area contributed by atoms with Crippen molar-refractivity contribution in [3.8, 4) is 11.5 Å². The molecular weight excluding hydrogens is 432 g/mol. The van der Waals surface area contributed by atoms with E-state index in [2.05, 4.69) is 0 Å². The molecule has 1 unspecified atom stereocenters. The van der Waals surface area contributed by atoms with Crippen LogP contribution in [0.5, 0.6) is 11.5 Å². The summed E-state index contributed by atoms with van der Waals surface area (Å²) in [6.07, 6.45) is -0.499. The van der Waals surface area contributed by atoms with Crippen molar-refractivity contribution in [3.63, 3.8) is 0 Å². The van der Waals surface area contributed by atoms with Gasteiger partial charge in [-0.1, -0.05) is 0 Å². The van der Waals surface area contributed by atoms with E-state index < -0.39 is 29.7 Å². The molecule has 4 amide bonds. The van der Waals surface area contributed by atoms with E-state index in [9.17, 15) is 19.2 Å². The monoisotopic (exact) mass is 448 g/mol. The molecule has 1 aromatic heterocycles. The minimum atomic E-state index is -0.499. The van der Waals surface area contributed by atoms with E-state index in [-0.39, 0.29) is 19.7 Å². The van der Waals surface area contributed by atoms with Crippen LogP contribution in [0, 0.1) is 0 Å². The number of fused-ring (bicyclic) bond motifs is 1. The summed E-state index contributed by atoms with van der Waals surface area (Å²) in [5.41, 5.74) is 1.23. The number of benzene rings is 2. The van der Waals surface area contributed by atoms with Crippen LogP contribution in [0.3, 0.4) is 0 Å². The maximum absolute atomic E-state index is 13.3. The number of carbonyl (C=O) groups is 4. The van der Waals surface area contributed by atoms with Crippen molar-refractivity contribution in [1.29, 1.82) is 0 Å². The summed E-state index contributed by atoms with van der Waals surface area (Å²) in [7, 11) is 0. The van der Waals surface area contributed by atoms with Crippen LogP contribution >= 0.6 is 11.3 Å². The van der Waals surface area contributed by atoms with E-state index in [0.29, 0.717) is 44.5 Å². The van der Waals surface area contributed by atoms with Crippen molar-refractivity contribution < 1.29 is 28.7 Å². The number of hydrogen-bond acceptors (Lipinski definition) is 7. The molecule has 160 valence electrons. The van der Waals surface area contributed by atoms with Gasteiger partial charge in [-0.25, -0.2) is 0 Å². The second-order valence-corrected chi connectivity index (χ2v) is 8.54. The molecule has 0 bridgehead atoms. The molecule has 0 saturated carbocycles. The molecule has 2 aromatic carbocycles. The van der Waals surface area contributed by atoms with Crippen molar-refractivity contribution in [2.24, 2.45) is 0 Å². The molecule has 8 nitrogen and oxygen atoms in total. The van der Waals surface area contributed by atoms with E-state index in [4.69, 9.17) is 9.47 Å². The molecule has 0 fully saturated rings. The van der Waals surface area contributed by atoms with Gasteiger partial charge in [0.2, 0.25) is 0 Å². The number of imide groups is 2. The molecular formula is C23H16N2O6S. The standard InChI is InChI=1S/C23H16N2O6S/c1-2-24-20(26)12-3-5-14-19-15(6-4-13(18(12)19)21(24)27)23(29)25(22(14)28)7-11-8-30-16-9-32-10-17(16)31-11/h3-6,9-11H,2,7-8H2,1H3. The first-order valence-electron chi connectivity index (χ1n) is 10.2. The second-order valence-electron chi connectivity index (χ2n) is 7.80. The van der Waals surface area contributed by atoms with E-state index in [1.807, 2.05) is 10.8 Å². The third-order valence-corrected chi connectivity index (χ3v) is 6.78. The Morgan fingerprint density at radius 2 is 1.31 bits per heavy atom. The van der Waals surface area contributed by atoms with Gasteiger partial charge in [-0.15, -0.1) is 11.3 Å². The van der Waals surface area contributed by atoms with Crippen LogP contribution in [0.1, 0.15) is 48.4 Å². The zero-order chi connectivity index (χ0) is 22.1. The molecule has 6 rings (SSSR count). The third-order valence-electron chi connectivity index (χ3n) is 6.08. The second kappa shape index (κ2) is 6.64. The molecule has 32 heavy (non-hydrogen) atoms. The minimum absolute atomic E-state index is 0.0266. The molecule has 0 aliphatic carbocycles. The molecule has 3 aliphatic heterocycles. The highest BCUT2D eigenvalue weighted by atomic mass is 32.1. The minimum Gasteiger partial charge on any atom is -0.485 e. The van der Waals surface area contributed by atoms with Crippen LogP contribution < -0.4 is 9.47 Å². The van der Waals surface area contributed by atoms with Gasteiger partial charge in [0, 0.05) is 50.3 Å². The zero-order valence-corrected chi connectivity index (χ0v) is 17.7. The number of amides is 4. The van der Waals surface area contributed by atoms with Crippen LogP contribution in [0.25, 0.3) is 10.8 Å². The van der Waals surface area contributed by atoms with Crippen molar-refractivity contribution in [1.82, 2.24) is 9.80 Å². The Labute approximate surface area is 185 Å². The molecule has 3 aliphatic rings. The third kappa shape index (κ3) is 2.42. The maximum atomic E-state index is 13.3. The van der Waals surface area contributed by atoms with E-state index >= 15 is 0 Å². The van der Waals surface area contributed by atoms with E-state index in [1.54, 1.807) is 31.2 Å². The molecule has 1 atom stereocenters. The number of nitrogens with zero attached hydrogens (tertiary/aromatic N) is 2. The largest absolute Gasteiger partial charge is 0.485 e. The lowest BCUT2D eigenvalue weighted by Crippen LogP contribution is -2.48. The highest BCUT2D eigenvalue weighted by Gasteiger charge is 2.40. The van der Waals surface area contributed by atoms with Crippen LogP contribution in [0.4, 0.5) is 0 Å². The SMILES string of the molecule is CCN1C(=O)c2ccc3c4c(ccc(c24)C1=O)C(=O)N(CC1COc2cscc2O1)C3=O. The van der Waals surface area contributed by atoms with Crippen molar-refractivity contribution in [2.45, 2.75) is 13.0 Å². The molecule has 0 saturated heterocycles. The smallest absolute Gasteiger partial charge is 0.261 e. The predicted octanol–water partition coefficient (Wildman–Crippen LogP) is 2.95. The van der Waals surface area contributed by atoms with Gasteiger partial charge >= 0.3 is 0 Å². The van der Waals surface area contributed by atoms with Gasteiger partial charge in [0.15, 0.2) is 17.6 Å². The number of carbonyl (C=O) groups excluding carboxylic acids is 4. The van der Waals surface area contributed by atoms with Gasteiger partial charge in [-0.3, -0.25) is 29.0 Å². The summed E-state index contributed by atoms with van der Waals surface area (Å²) in [4.78, 5) is 54.6. The Morgan fingerprint density at radius 3 is 1.84 bits per heavy atom. The fourth-order valence-corrected chi connectivity index (χ4v) is 5.25. The first-order chi connectivity index (χ1) is 15.5. The molecule has 0 N–H and O–H groups in total. The fraction of sp³-hybridized carbons (Fsp3) is 0.217. The molecule has 0 radical (unpaired) electrons.